The number of hydrogen-bond donors (Lipinski definition) is 0. The molecular formula is C33H19N5S. The average molecular weight is 518 g/mol. The number of para-hydroxylation sites is 2. The summed E-state index contributed by atoms with van der Waals surface area (Å²) < 4.78 is 1.14. The van der Waals surface area contributed by atoms with E-state index in [2.05, 4.69) is 64.6 Å². The number of rotatable bonds is 3. The molecule has 39 heavy (non-hydrogen) atoms. The normalized spacial score (nSPS) is 11.6. The fourth-order valence-electron chi connectivity index (χ4n) is 5.24. The van der Waals surface area contributed by atoms with Crippen molar-refractivity contribution in [3.63, 3.8) is 0 Å². The molecule has 8 aromatic rings. The van der Waals surface area contributed by atoms with Crippen molar-refractivity contribution in [3.8, 4) is 33.1 Å². The van der Waals surface area contributed by atoms with Crippen molar-refractivity contribution in [2.75, 3.05) is 0 Å². The van der Waals surface area contributed by atoms with E-state index in [-0.39, 0.29) is 0 Å². The van der Waals surface area contributed by atoms with E-state index in [1.54, 1.807) is 11.3 Å². The number of pyridine rings is 4. The topological polar surface area (TPSA) is 64.5 Å². The molecule has 0 unspecified atom stereocenters. The molecule has 5 heterocycles. The molecule has 0 amide bonds. The van der Waals surface area contributed by atoms with Crippen LogP contribution in [0.25, 0.3) is 76.0 Å². The summed E-state index contributed by atoms with van der Waals surface area (Å²) in [6.45, 7) is 0. The van der Waals surface area contributed by atoms with Crippen LogP contribution < -0.4 is 0 Å². The van der Waals surface area contributed by atoms with Crippen molar-refractivity contribution in [3.05, 3.63) is 116 Å². The number of hydrogen-bond acceptors (Lipinski definition) is 6. The molecule has 0 saturated heterocycles. The van der Waals surface area contributed by atoms with Crippen LogP contribution in [0.5, 0.6) is 0 Å². The predicted molar refractivity (Wildman–Crippen MR) is 160 cm³/mol. The molecule has 3 aromatic carbocycles. The van der Waals surface area contributed by atoms with Crippen LogP contribution in [0, 0.1) is 0 Å². The van der Waals surface area contributed by atoms with Crippen molar-refractivity contribution < 1.29 is 0 Å². The van der Waals surface area contributed by atoms with Gasteiger partial charge in [-0.1, -0.05) is 48.5 Å². The van der Waals surface area contributed by atoms with Gasteiger partial charge in [0.25, 0.3) is 0 Å². The van der Waals surface area contributed by atoms with Crippen molar-refractivity contribution in [2.24, 2.45) is 0 Å². The second-order valence-corrected chi connectivity index (χ2v) is 10.4. The molecule has 5 aromatic heterocycles. The van der Waals surface area contributed by atoms with E-state index in [9.17, 15) is 0 Å². The smallest absolute Gasteiger partial charge is 0.143 e. The van der Waals surface area contributed by atoms with Gasteiger partial charge in [0.15, 0.2) is 0 Å². The number of thiazole rings is 1. The summed E-state index contributed by atoms with van der Waals surface area (Å²) in [5.74, 6) is 0. The molecule has 0 fully saturated rings. The van der Waals surface area contributed by atoms with Crippen LogP contribution in [0.15, 0.2) is 116 Å². The van der Waals surface area contributed by atoms with Crippen LogP contribution in [-0.4, -0.2) is 24.9 Å². The van der Waals surface area contributed by atoms with Crippen LogP contribution >= 0.6 is 11.3 Å². The molecule has 0 aliphatic heterocycles. The van der Waals surface area contributed by atoms with Gasteiger partial charge in [0.2, 0.25) is 0 Å². The lowest BCUT2D eigenvalue weighted by molar-refractivity contribution is 1.30. The van der Waals surface area contributed by atoms with E-state index in [0.29, 0.717) is 0 Å². The van der Waals surface area contributed by atoms with Crippen LogP contribution in [0.4, 0.5) is 0 Å². The molecule has 6 heteroatoms. The number of nitrogens with zero attached hydrogens (tertiary/aromatic N) is 5. The molecule has 0 aliphatic carbocycles. The van der Waals surface area contributed by atoms with E-state index < -0.39 is 0 Å². The number of fused-ring (bicyclic) bond motifs is 5. The quantitative estimate of drug-likeness (QED) is 0.220. The van der Waals surface area contributed by atoms with Gasteiger partial charge in [-0.15, -0.1) is 11.3 Å². The van der Waals surface area contributed by atoms with Gasteiger partial charge in [0, 0.05) is 40.3 Å². The van der Waals surface area contributed by atoms with Crippen LogP contribution in [-0.2, 0) is 0 Å². The summed E-state index contributed by atoms with van der Waals surface area (Å²) in [6.07, 6.45) is 5.53. The first kappa shape index (κ1) is 22.0. The maximum atomic E-state index is 5.19. The first-order chi connectivity index (χ1) is 19.3. The fraction of sp³-hybridized carbons (Fsp3) is 0. The minimum Gasteiger partial charge on any atom is -0.256 e. The highest BCUT2D eigenvalue weighted by molar-refractivity contribution is 7.21. The lowest BCUT2D eigenvalue weighted by Crippen LogP contribution is -1.94. The molecule has 5 nitrogen and oxygen atoms in total. The fourth-order valence-corrected chi connectivity index (χ4v) is 6.17. The Kier molecular flexibility index (Phi) is 4.93. The Morgan fingerprint density at radius 2 is 1.31 bits per heavy atom. The molecule has 0 aliphatic rings. The van der Waals surface area contributed by atoms with E-state index in [1.807, 2.05) is 61.1 Å². The maximum Gasteiger partial charge on any atom is 0.143 e. The van der Waals surface area contributed by atoms with Gasteiger partial charge in [-0.05, 0) is 59.7 Å². The van der Waals surface area contributed by atoms with Gasteiger partial charge in [-0.2, -0.15) is 0 Å². The zero-order valence-electron chi connectivity index (χ0n) is 20.6. The first-order valence-corrected chi connectivity index (χ1v) is 13.5. The summed E-state index contributed by atoms with van der Waals surface area (Å²) in [7, 11) is 0. The summed E-state index contributed by atoms with van der Waals surface area (Å²) in [6, 6.07) is 33.1. The van der Waals surface area contributed by atoms with Crippen LogP contribution in [0.2, 0.25) is 0 Å². The third-order valence-corrected chi connectivity index (χ3v) is 8.12. The number of benzene rings is 3. The van der Waals surface area contributed by atoms with Gasteiger partial charge < -0.3 is 0 Å². The van der Waals surface area contributed by atoms with Gasteiger partial charge in [0.1, 0.15) is 10.7 Å². The lowest BCUT2D eigenvalue weighted by Gasteiger charge is -2.12. The second-order valence-electron chi connectivity index (χ2n) is 9.38. The average Bonchev–Trinajstić information content (AvgIpc) is 3.45. The highest BCUT2D eigenvalue weighted by Gasteiger charge is 2.16. The Morgan fingerprint density at radius 3 is 2.26 bits per heavy atom. The third-order valence-electron chi connectivity index (χ3n) is 7.06. The van der Waals surface area contributed by atoms with Crippen molar-refractivity contribution >= 4 is 54.3 Å². The molecule has 0 spiro atoms. The van der Waals surface area contributed by atoms with Gasteiger partial charge in [-0.25, -0.2) is 9.97 Å². The summed E-state index contributed by atoms with van der Waals surface area (Å²) in [5, 5.41) is 4.07. The van der Waals surface area contributed by atoms with E-state index in [0.717, 1.165) is 76.0 Å². The van der Waals surface area contributed by atoms with Crippen molar-refractivity contribution in [1.29, 1.82) is 0 Å². The van der Waals surface area contributed by atoms with Crippen molar-refractivity contribution in [2.45, 2.75) is 0 Å². The van der Waals surface area contributed by atoms with Crippen molar-refractivity contribution in [1.82, 2.24) is 24.9 Å². The Bertz CT molecular complexity index is 2160. The molecule has 0 N–H and O–H groups in total. The van der Waals surface area contributed by atoms with E-state index in [1.165, 1.54) is 0 Å². The second kappa shape index (κ2) is 8.75. The molecule has 0 saturated carbocycles. The van der Waals surface area contributed by atoms with E-state index in [4.69, 9.17) is 15.0 Å². The highest BCUT2D eigenvalue weighted by Crippen LogP contribution is 2.38. The number of aromatic nitrogens is 5. The largest absolute Gasteiger partial charge is 0.256 e. The summed E-state index contributed by atoms with van der Waals surface area (Å²) in [4.78, 5) is 24.1. The first-order valence-electron chi connectivity index (χ1n) is 12.7. The van der Waals surface area contributed by atoms with Gasteiger partial charge >= 0.3 is 0 Å². The minimum atomic E-state index is 0.841. The third kappa shape index (κ3) is 3.65. The van der Waals surface area contributed by atoms with Crippen LogP contribution in [0.3, 0.4) is 0 Å². The zero-order valence-corrected chi connectivity index (χ0v) is 21.4. The van der Waals surface area contributed by atoms with Gasteiger partial charge in [-0.3, -0.25) is 15.0 Å². The predicted octanol–water partition coefficient (Wildman–Crippen LogP) is 8.34. The molecule has 182 valence electrons. The Labute approximate surface area is 227 Å². The summed E-state index contributed by atoms with van der Waals surface area (Å²) in [5.41, 5.74) is 8.59. The van der Waals surface area contributed by atoms with Gasteiger partial charge in [0.05, 0.1) is 32.5 Å². The maximum absolute atomic E-state index is 5.19. The molecule has 0 bridgehead atoms. The molecule has 0 radical (unpaired) electrons. The van der Waals surface area contributed by atoms with E-state index >= 15 is 0 Å². The lowest BCUT2D eigenvalue weighted by atomic mass is 9.97. The zero-order chi connectivity index (χ0) is 25.8. The summed E-state index contributed by atoms with van der Waals surface area (Å²) >= 11 is 1.66. The molecular weight excluding hydrogens is 498 g/mol. The molecule has 0 atom stereocenters. The molecule has 8 rings (SSSR count). The monoisotopic (exact) mass is 517 g/mol. The standard InChI is InChI=1S/C33H19N5S/c1-2-8-26-23(7-1)22(13-16-34-26)21-18-28(37-29(19-21)33-38-27-9-3-4-10-30(27)39-33)24-14-17-36-32-25(24)12-11-20-6-5-15-35-31(20)32/h1-19H. The van der Waals surface area contributed by atoms with Crippen LogP contribution in [0.1, 0.15) is 0 Å². The SMILES string of the molecule is c1cnc2c(c1)ccc1c(-c3cc(-c4ccnc5ccccc45)cc(-c4nc5ccccc5s4)n3)ccnc12. The Morgan fingerprint density at radius 1 is 0.513 bits per heavy atom. The minimum absolute atomic E-state index is 0.841. The Balaban J connectivity index is 1.42. The highest BCUT2D eigenvalue weighted by atomic mass is 32.1. The Hall–Kier alpha value is -5.07.